The van der Waals surface area contributed by atoms with Gasteiger partial charge in [-0.1, -0.05) is 0 Å². The molecule has 6 nitrogen and oxygen atoms in total. The van der Waals surface area contributed by atoms with Crippen LogP contribution < -0.4 is 5.32 Å². The molecule has 0 aliphatic carbocycles. The normalized spacial score (nSPS) is 12.5. The van der Waals surface area contributed by atoms with Crippen molar-refractivity contribution in [3.63, 3.8) is 0 Å². The maximum atomic E-state index is 12.0. The third kappa shape index (κ3) is 3.29. The number of amides is 1. The minimum absolute atomic E-state index is 0.124. The van der Waals surface area contributed by atoms with Crippen LogP contribution in [0.3, 0.4) is 0 Å². The second-order valence-electron chi connectivity index (χ2n) is 4.34. The minimum atomic E-state index is -0.207. The molecule has 1 heterocycles. The summed E-state index contributed by atoms with van der Waals surface area (Å²) in [5.74, 6) is 1.83. The van der Waals surface area contributed by atoms with Gasteiger partial charge < -0.3 is 9.47 Å². The molecule has 1 rings (SSSR count). The fraction of sp³-hybridized carbons (Fsp3) is 0.750. The summed E-state index contributed by atoms with van der Waals surface area (Å²) < 4.78 is 1.92. The third-order valence-corrected chi connectivity index (χ3v) is 3.19. The first-order valence-corrected chi connectivity index (χ1v) is 6.38. The van der Waals surface area contributed by atoms with E-state index in [1.807, 2.05) is 44.2 Å². The average molecular weight is 253 g/mol. The Kier molecular flexibility index (Phi) is 5.27. The van der Waals surface area contributed by atoms with E-state index in [9.17, 15) is 4.79 Å². The molecule has 1 aromatic heterocycles. The number of carbonyl (C=O) groups is 1. The van der Waals surface area contributed by atoms with Gasteiger partial charge in [0, 0.05) is 20.1 Å². The van der Waals surface area contributed by atoms with Crippen molar-refractivity contribution in [2.45, 2.75) is 40.3 Å². The molecule has 1 aromatic rings. The van der Waals surface area contributed by atoms with Crippen LogP contribution >= 0.6 is 0 Å². The van der Waals surface area contributed by atoms with Crippen LogP contribution in [0.25, 0.3) is 0 Å². The maximum Gasteiger partial charge on any atom is 0.239 e. The van der Waals surface area contributed by atoms with E-state index in [0.29, 0.717) is 6.54 Å². The van der Waals surface area contributed by atoms with Crippen molar-refractivity contribution >= 4 is 5.91 Å². The van der Waals surface area contributed by atoms with Gasteiger partial charge >= 0.3 is 0 Å². The van der Waals surface area contributed by atoms with Crippen LogP contribution in [-0.4, -0.2) is 44.7 Å². The molecule has 0 radical (unpaired) electrons. The number of nitrogens with one attached hydrogen (secondary N) is 1. The van der Waals surface area contributed by atoms with E-state index < -0.39 is 0 Å². The number of nitrogens with zero attached hydrogens (tertiary/aromatic N) is 4. The second-order valence-corrected chi connectivity index (χ2v) is 4.34. The largest absolute Gasteiger partial charge is 0.342 e. The SMILES string of the molecule is CCN(CC)C(=O)C(C)NCc1nnc(C)n1C. The van der Waals surface area contributed by atoms with E-state index in [0.717, 1.165) is 24.7 Å². The molecule has 18 heavy (non-hydrogen) atoms. The summed E-state index contributed by atoms with van der Waals surface area (Å²) in [6.07, 6.45) is 0. The van der Waals surface area contributed by atoms with E-state index >= 15 is 0 Å². The van der Waals surface area contributed by atoms with Gasteiger partial charge in [0.1, 0.15) is 11.6 Å². The summed E-state index contributed by atoms with van der Waals surface area (Å²) in [4.78, 5) is 13.9. The van der Waals surface area contributed by atoms with E-state index in [1.165, 1.54) is 0 Å². The fourth-order valence-corrected chi connectivity index (χ4v) is 1.75. The van der Waals surface area contributed by atoms with Gasteiger partial charge in [0.2, 0.25) is 5.91 Å². The summed E-state index contributed by atoms with van der Waals surface area (Å²) >= 11 is 0. The zero-order valence-electron chi connectivity index (χ0n) is 11.9. The van der Waals surface area contributed by atoms with Gasteiger partial charge in [-0.3, -0.25) is 10.1 Å². The van der Waals surface area contributed by atoms with E-state index in [4.69, 9.17) is 0 Å². The van der Waals surface area contributed by atoms with Crippen molar-refractivity contribution in [3.05, 3.63) is 11.6 Å². The number of aryl methyl sites for hydroxylation is 1. The number of carbonyl (C=O) groups excluding carboxylic acids is 1. The van der Waals surface area contributed by atoms with E-state index in [1.54, 1.807) is 0 Å². The Hall–Kier alpha value is -1.43. The lowest BCUT2D eigenvalue weighted by molar-refractivity contribution is -0.132. The monoisotopic (exact) mass is 253 g/mol. The summed E-state index contributed by atoms with van der Waals surface area (Å²) in [7, 11) is 1.92. The predicted octanol–water partition coefficient (Wildman–Crippen LogP) is 0.470. The lowest BCUT2D eigenvalue weighted by Gasteiger charge is -2.23. The Balaban J connectivity index is 2.53. The molecule has 6 heteroatoms. The van der Waals surface area contributed by atoms with Gasteiger partial charge in [-0.05, 0) is 27.7 Å². The van der Waals surface area contributed by atoms with Gasteiger partial charge in [-0.2, -0.15) is 0 Å². The lowest BCUT2D eigenvalue weighted by Crippen LogP contribution is -2.44. The molecule has 0 bridgehead atoms. The third-order valence-electron chi connectivity index (χ3n) is 3.19. The van der Waals surface area contributed by atoms with Crippen LogP contribution in [0.2, 0.25) is 0 Å². The van der Waals surface area contributed by atoms with Gasteiger partial charge in [-0.25, -0.2) is 0 Å². The van der Waals surface area contributed by atoms with E-state index in [2.05, 4.69) is 15.5 Å². The number of likely N-dealkylation sites (N-methyl/N-ethyl adjacent to an activating group) is 1. The number of aromatic nitrogens is 3. The first-order chi connectivity index (χ1) is 8.51. The van der Waals surface area contributed by atoms with Gasteiger partial charge in [0.05, 0.1) is 12.6 Å². The zero-order chi connectivity index (χ0) is 13.7. The average Bonchev–Trinajstić information content (AvgIpc) is 2.68. The first-order valence-electron chi connectivity index (χ1n) is 6.38. The molecule has 0 aliphatic rings. The van der Waals surface area contributed by atoms with Crippen molar-refractivity contribution in [3.8, 4) is 0 Å². The molecule has 1 atom stereocenters. The summed E-state index contributed by atoms with van der Waals surface area (Å²) in [5, 5.41) is 11.2. The zero-order valence-corrected chi connectivity index (χ0v) is 11.9. The first kappa shape index (κ1) is 14.6. The second kappa shape index (κ2) is 6.49. The molecule has 0 aromatic carbocycles. The van der Waals surface area contributed by atoms with Crippen LogP contribution in [0, 0.1) is 6.92 Å². The van der Waals surface area contributed by atoms with Crippen LogP contribution in [0.5, 0.6) is 0 Å². The fourth-order valence-electron chi connectivity index (χ4n) is 1.75. The highest BCUT2D eigenvalue weighted by molar-refractivity contribution is 5.81. The highest BCUT2D eigenvalue weighted by Crippen LogP contribution is 1.99. The number of hydrogen-bond donors (Lipinski definition) is 1. The van der Waals surface area contributed by atoms with Crippen molar-refractivity contribution in [2.24, 2.45) is 7.05 Å². The van der Waals surface area contributed by atoms with Crippen molar-refractivity contribution in [1.29, 1.82) is 0 Å². The molecular weight excluding hydrogens is 230 g/mol. The summed E-state index contributed by atoms with van der Waals surface area (Å²) in [6, 6.07) is -0.207. The van der Waals surface area contributed by atoms with Crippen molar-refractivity contribution in [2.75, 3.05) is 13.1 Å². The van der Waals surface area contributed by atoms with Crippen LogP contribution in [0.15, 0.2) is 0 Å². The summed E-state index contributed by atoms with van der Waals surface area (Å²) in [5.41, 5.74) is 0. The Morgan fingerprint density at radius 1 is 1.39 bits per heavy atom. The lowest BCUT2D eigenvalue weighted by atomic mass is 10.2. The molecule has 102 valence electrons. The standard InChI is InChI=1S/C12H23N5O/c1-6-17(7-2)12(18)9(3)13-8-11-15-14-10(4)16(11)5/h9,13H,6-8H2,1-5H3. The topological polar surface area (TPSA) is 63.1 Å². The molecule has 1 unspecified atom stereocenters. The van der Waals surface area contributed by atoms with Crippen LogP contribution in [-0.2, 0) is 18.4 Å². The number of hydrogen-bond acceptors (Lipinski definition) is 4. The Morgan fingerprint density at radius 2 is 2.00 bits per heavy atom. The predicted molar refractivity (Wildman–Crippen MR) is 70.0 cm³/mol. The molecule has 1 amide bonds. The van der Waals surface area contributed by atoms with Crippen molar-refractivity contribution in [1.82, 2.24) is 25.0 Å². The summed E-state index contributed by atoms with van der Waals surface area (Å²) in [6.45, 7) is 9.78. The number of rotatable bonds is 6. The Labute approximate surface area is 108 Å². The Bertz CT molecular complexity index is 397. The minimum Gasteiger partial charge on any atom is -0.342 e. The van der Waals surface area contributed by atoms with Crippen LogP contribution in [0.1, 0.15) is 32.4 Å². The quantitative estimate of drug-likeness (QED) is 0.800. The maximum absolute atomic E-state index is 12.0. The highest BCUT2D eigenvalue weighted by Gasteiger charge is 2.18. The van der Waals surface area contributed by atoms with Gasteiger partial charge in [0.25, 0.3) is 0 Å². The van der Waals surface area contributed by atoms with Crippen molar-refractivity contribution < 1.29 is 4.79 Å². The molecular formula is C12H23N5O. The molecule has 0 spiro atoms. The molecule has 0 fully saturated rings. The molecule has 0 saturated heterocycles. The van der Waals surface area contributed by atoms with E-state index in [-0.39, 0.29) is 11.9 Å². The van der Waals surface area contributed by atoms with Crippen LogP contribution in [0.4, 0.5) is 0 Å². The molecule has 1 N–H and O–H groups in total. The van der Waals surface area contributed by atoms with Gasteiger partial charge in [0.15, 0.2) is 0 Å². The highest BCUT2D eigenvalue weighted by atomic mass is 16.2. The van der Waals surface area contributed by atoms with Gasteiger partial charge in [-0.15, -0.1) is 10.2 Å². The molecule has 0 aliphatic heterocycles. The Morgan fingerprint density at radius 3 is 2.44 bits per heavy atom. The molecule has 0 saturated carbocycles. The smallest absolute Gasteiger partial charge is 0.239 e.